The van der Waals surface area contributed by atoms with E-state index in [0.29, 0.717) is 10.7 Å². The molecule has 0 saturated heterocycles. The van der Waals surface area contributed by atoms with Crippen molar-refractivity contribution in [2.45, 2.75) is 0 Å². The lowest BCUT2D eigenvalue weighted by molar-refractivity contribution is 0.423. The molecule has 1 aromatic carbocycles. The van der Waals surface area contributed by atoms with E-state index >= 15 is 0 Å². The molecule has 1 heterocycles. The van der Waals surface area contributed by atoms with Crippen molar-refractivity contribution in [3.05, 3.63) is 46.3 Å². The van der Waals surface area contributed by atoms with Crippen molar-refractivity contribution in [3.63, 3.8) is 0 Å². The molecule has 0 aliphatic rings. The molecular weight excluding hydrogens is 266 g/mol. The molecule has 0 spiro atoms. The molecule has 17 heavy (non-hydrogen) atoms. The molecule has 2 aromatic rings. The fraction of sp³-hybridized carbons (Fsp3) is 0. The minimum atomic E-state index is -0.670. The Kier molecular flexibility index (Phi) is 3.36. The van der Waals surface area contributed by atoms with Gasteiger partial charge in [-0.25, -0.2) is 9.37 Å². The Morgan fingerprint density at radius 3 is 2.71 bits per heavy atom. The highest BCUT2D eigenvalue weighted by Gasteiger charge is 2.10. The first-order valence-corrected chi connectivity index (χ1v) is 5.36. The maximum Gasteiger partial charge on any atom is 0.256 e. The largest absolute Gasteiger partial charge is 0.435 e. The Bertz CT molecular complexity index is 563. The average molecular weight is 273 g/mol. The lowest BCUT2D eigenvalue weighted by Crippen LogP contribution is -1.93. The summed E-state index contributed by atoms with van der Waals surface area (Å²) >= 11 is 11.4. The van der Waals surface area contributed by atoms with E-state index in [1.54, 1.807) is 12.1 Å². The number of benzene rings is 1. The van der Waals surface area contributed by atoms with Gasteiger partial charge in [-0.1, -0.05) is 23.2 Å². The first-order valence-electron chi connectivity index (χ1n) is 4.60. The van der Waals surface area contributed by atoms with Crippen LogP contribution in [-0.4, -0.2) is 4.98 Å². The van der Waals surface area contributed by atoms with Gasteiger partial charge in [-0.15, -0.1) is 0 Å². The van der Waals surface area contributed by atoms with Crippen LogP contribution in [0, 0.1) is 5.82 Å². The van der Waals surface area contributed by atoms with Crippen molar-refractivity contribution in [1.82, 2.24) is 4.98 Å². The summed E-state index contributed by atoms with van der Waals surface area (Å²) in [5.41, 5.74) is 6.03. The van der Waals surface area contributed by atoms with Crippen LogP contribution in [0.25, 0.3) is 0 Å². The van der Waals surface area contributed by atoms with Crippen molar-refractivity contribution in [1.29, 1.82) is 0 Å². The van der Waals surface area contributed by atoms with Crippen LogP contribution in [0.1, 0.15) is 0 Å². The highest BCUT2D eigenvalue weighted by molar-refractivity contribution is 6.32. The maximum atomic E-state index is 13.4. The smallest absolute Gasteiger partial charge is 0.256 e. The number of ether oxygens (including phenoxy) is 1. The molecule has 0 unspecified atom stereocenters. The number of nitrogens with zero attached hydrogens (tertiary/aromatic N) is 1. The van der Waals surface area contributed by atoms with E-state index in [4.69, 9.17) is 33.7 Å². The van der Waals surface area contributed by atoms with Crippen molar-refractivity contribution in [2.75, 3.05) is 5.73 Å². The van der Waals surface area contributed by atoms with Gasteiger partial charge >= 0.3 is 0 Å². The number of anilines is 1. The maximum absolute atomic E-state index is 13.4. The third-order valence-corrected chi connectivity index (χ3v) is 2.45. The Morgan fingerprint density at radius 2 is 2.00 bits per heavy atom. The molecule has 6 heteroatoms. The minimum Gasteiger partial charge on any atom is -0.435 e. The van der Waals surface area contributed by atoms with Gasteiger partial charge in [-0.3, -0.25) is 0 Å². The summed E-state index contributed by atoms with van der Waals surface area (Å²) in [6.45, 7) is 0. The zero-order chi connectivity index (χ0) is 12.4. The summed E-state index contributed by atoms with van der Waals surface area (Å²) in [4.78, 5) is 3.72. The molecule has 0 aliphatic carbocycles. The highest BCUT2D eigenvalue weighted by Crippen LogP contribution is 2.31. The minimum absolute atomic E-state index is 0.188. The zero-order valence-electron chi connectivity index (χ0n) is 8.45. The summed E-state index contributed by atoms with van der Waals surface area (Å²) in [5, 5.41) is 0.504. The van der Waals surface area contributed by atoms with E-state index in [-0.39, 0.29) is 16.7 Å². The molecule has 0 aliphatic heterocycles. The molecule has 0 saturated carbocycles. The van der Waals surface area contributed by atoms with E-state index < -0.39 is 5.82 Å². The summed E-state index contributed by atoms with van der Waals surface area (Å²) in [6, 6.07) is 5.75. The third-order valence-electron chi connectivity index (χ3n) is 1.94. The summed E-state index contributed by atoms with van der Waals surface area (Å²) < 4.78 is 18.6. The van der Waals surface area contributed by atoms with E-state index in [1.165, 1.54) is 12.3 Å². The number of hydrogen-bond acceptors (Lipinski definition) is 3. The van der Waals surface area contributed by atoms with Crippen LogP contribution in [0.15, 0.2) is 30.5 Å². The van der Waals surface area contributed by atoms with Crippen LogP contribution in [0.5, 0.6) is 11.6 Å². The van der Waals surface area contributed by atoms with Gasteiger partial charge in [-0.05, 0) is 18.2 Å². The van der Waals surface area contributed by atoms with E-state index in [1.807, 2.05) is 0 Å². The van der Waals surface area contributed by atoms with E-state index in [2.05, 4.69) is 4.98 Å². The van der Waals surface area contributed by atoms with Gasteiger partial charge in [0.25, 0.3) is 5.88 Å². The van der Waals surface area contributed by atoms with Gasteiger partial charge in [0.1, 0.15) is 5.75 Å². The predicted molar refractivity (Wildman–Crippen MR) is 65.1 cm³/mol. The van der Waals surface area contributed by atoms with Gasteiger partial charge in [0.2, 0.25) is 0 Å². The van der Waals surface area contributed by atoms with Crippen LogP contribution in [0.4, 0.5) is 10.1 Å². The number of rotatable bonds is 2. The topological polar surface area (TPSA) is 48.1 Å². The van der Waals surface area contributed by atoms with E-state index in [9.17, 15) is 4.39 Å². The average Bonchev–Trinajstić information content (AvgIpc) is 2.27. The van der Waals surface area contributed by atoms with Crippen molar-refractivity contribution in [3.8, 4) is 11.6 Å². The molecule has 0 atom stereocenters. The summed E-state index contributed by atoms with van der Waals surface area (Å²) in [6.07, 6.45) is 1.28. The van der Waals surface area contributed by atoms with Crippen LogP contribution in [0.2, 0.25) is 10.0 Å². The molecule has 0 amide bonds. The lowest BCUT2D eigenvalue weighted by Gasteiger charge is -2.08. The first kappa shape index (κ1) is 12.0. The van der Waals surface area contributed by atoms with Gasteiger partial charge < -0.3 is 10.5 Å². The highest BCUT2D eigenvalue weighted by atomic mass is 35.5. The molecular formula is C11H7Cl2FN2O. The Hall–Kier alpha value is -1.52. The molecule has 0 fully saturated rings. The van der Waals surface area contributed by atoms with Gasteiger partial charge in [0.15, 0.2) is 5.82 Å². The van der Waals surface area contributed by atoms with Crippen LogP contribution >= 0.6 is 23.2 Å². The second-order valence-electron chi connectivity index (χ2n) is 3.23. The lowest BCUT2D eigenvalue weighted by atomic mass is 10.3. The van der Waals surface area contributed by atoms with Crippen LogP contribution in [-0.2, 0) is 0 Å². The van der Waals surface area contributed by atoms with Crippen LogP contribution < -0.4 is 10.5 Å². The normalized spacial score (nSPS) is 10.3. The molecule has 0 radical (unpaired) electrons. The standard InChI is InChI=1S/C11H7Cl2FN2O/c12-6-3-9(14)11(16-5-6)17-10-4-7(15)1-2-8(10)13/h1-5H,15H2. The van der Waals surface area contributed by atoms with E-state index in [0.717, 1.165) is 6.07 Å². The second kappa shape index (κ2) is 4.77. The first-order chi connectivity index (χ1) is 8.06. The Balaban J connectivity index is 2.34. The summed E-state index contributed by atoms with van der Waals surface area (Å²) in [7, 11) is 0. The number of hydrogen-bond donors (Lipinski definition) is 1. The molecule has 0 bridgehead atoms. The molecule has 1 aromatic heterocycles. The number of aromatic nitrogens is 1. The Labute approximate surface area is 107 Å². The van der Waals surface area contributed by atoms with Gasteiger partial charge in [0, 0.05) is 18.0 Å². The predicted octanol–water partition coefficient (Wildman–Crippen LogP) is 3.90. The SMILES string of the molecule is Nc1ccc(Cl)c(Oc2ncc(Cl)cc2F)c1. The molecule has 88 valence electrons. The quantitative estimate of drug-likeness (QED) is 0.844. The summed E-state index contributed by atoms with van der Waals surface area (Å²) in [5.74, 6) is -0.640. The molecule has 2 rings (SSSR count). The van der Waals surface area contributed by atoms with Gasteiger partial charge in [0.05, 0.1) is 10.0 Å². The number of halogens is 3. The second-order valence-corrected chi connectivity index (χ2v) is 4.08. The zero-order valence-corrected chi connectivity index (χ0v) is 9.97. The van der Waals surface area contributed by atoms with Crippen molar-refractivity contribution >= 4 is 28.9 Å². The van der Waals surface area contributed by atoms with Crippen LogP contribution in [0.3, 0.4) is 0 Å². The van der Waals surface area contributed by atoms with Gasteiger partial charge in [-0.2, -0.15) is 0 Å². The fourth-order valence-corrected chi connectivity index (χ4v) is 1.48. The van der Waals surface area contributed by atoms with Crippen molar-refractivity contribution < 1.29 is 9.13 Å². The third kappa shape index (κ3) is 2.78. The Morgan fingerprint density at radius 1 is 1.24 bits per heavy atom. The molecule has 3 nitrogen and oxygen atoms in total. The fourth-order valence-electron chi connectivity index (χ4n) is 1.18. The number of pyridine rings is 1. The molecule has 2 N–H and O–H groups in total. The number of nitrogens with two attached hydrogens (primary N) is 1. The number of nitrogen functional groups attached to an aromatic ring is 1. The van der Waals surface area contributed by atoms with Crippen molar-refractivity contribution in [2.24, 2.45) is 0 Å². The monoisotopic (exact) mass is 272 g/mol.